The number of carboxylic acids is 1. The van der Waals surface area contributed by atoms with Gasteiger partial charge in [0.05, 0.1) is 5.25 Å². The fourth-order valence-electron chi connectivity index (χ4n) is 1.12. The molecular formula is C11H21NO4S. The van der Waals surface area contributed by atoms with Crippen LogP contribution in [0.15, 0.2) is 0 Å². The Balaban J connectivity index is 4.01. The van der Waals surface area contributed by atoms with Gasteiger partial charge in [0.2, 0.25) is 5.91 Å². The number of carbonyl (C=O) groups is 2. The zero-order valence-corrected chi connectivity index (χ0v) is 11.6. The Hall–Kier alpha value is -0.750. The minimum Gasteiger partial charge on any atom is -0.480 e. The lowest BCUT2D eigenvalue weighted by atomic mass is 10.2. The standard InChI is InChI=1S/C11H21NO4S/c1-8(17-11(2,3)10(14)15)9(13)12-6-5-7-16-4/h8H,5-7H2,1-4H3,(H,12,13)(H,14,15). The quantitative estimate of drug-likeness (QED) is 0.642. The van der Waals surface area contributed by atoms with Crippen LogP contribution in [-0.2, 0) is 14.3 Å². The molecule has 5 nitrogen and oxygen atoms in total. The first-order valence-electron chi connectivity index (χ1n) is 5.49. The molecule has 1 unspecified atom stereocenters. The Morgan fingerprint density at radius 1 is 1.47 bits per heavy atom. The molecule has 100 valence electrons. The van der Waals surface area contributed by atoms with Crippen molar-refractivity contribution in [3.63, 3.8) is 0 Å². The minimum absolute atomic E-state index is 0.138. The van der Waals surface area contributed by atoms with Crippen LogP contribution in [0.2, 0.25) is 0 Å². The van der Waals surface area contributed by atoms with Crippen LogP contribution in [0.1, 0.15) is 27.2 Å². The monoisotopic (exact) mass is 263 g/mol. The summed E-state index contributed by atoms with van der Waals surface area (Å²) in [7, 11) is 1.61. The van der Waals surface area contributed by atoms with Crippen molar-refractivity contribution in [3.05, 3.63) is 0 Å². The Morgan fingerprint density at radius 3 is 2.53 bits per heavy atom. The summed E-state index contributed by atoms with van der Waals surface area (Å²) >= 11 is 1.14. The van der Waals surface area contributed by atoms with Gasteiger partial charge in [-0.3, -0.25) is 9.59 Å². The van der Waals surface area contributed by atoms with E-state index in [0.717, 1.165) is 18.2 Å². The summed E-state index contributed by atoms with van der Waals surface area (Å²) in [4.78, 5) is 22.6. The van der Waals surface area contributed by atoms with Crippen LogP contribution < -0.4 is 5.32 Å². The number of rotatable bonds is 8. The van der Waals surface area contributed by atoms with Crippen molar-refractivity contribution in [2.45, 2.75) is 37.2 Å². The van der Waals surface area contributed by atoms with E-state index in [0.29, 0.717) is 13.2 Å². The van der Waals surface area contributed by atoms with Gasteiger partial charge < -0.3 is 15.2 Å². The summed E-state index contributed by atoms with van der Waals surface area (Å²) in [5.74, 6) is -1.05. The number of hydrogen-bond acceptors (Lipinski definition) is 4. The Labute approximate surface area is 106 Å². The number of carboxylic acid groups (broad SMARTS) is 1. The van der Waals surface area contributed by atoms with Gasteiger partial charge in [-0.2, -0.15) is 0 Å². The second-order valence-corrected chi connectivity index (χ2v) is 6.18. The third-order valence-corrected chi connectivity index (χ3v) is 3.51. The second kappa shape index (κ2) is 7.55. The van der Waals surface area contributed by atoms with Gasteiger partial charge in [-0.15, -0.1) is 11.8 Å². The van der Waals surface area contributed by atoms with Gasteiger partial charge in [-0.05, 0) is 27.2 Å². The Kier molecular flexibility index (Phi) is 7.22. The van der Waals surface area contributed by atoms with Crippen LogP contribution in [0.4, 0.5) is 0 Å². The van der Waals surface area contributed by atoms with Gasteiger partial charge in [-0.1, -0.05) is 0 Å². The molecule has 0 aliphatic heterocycles. The molecule has 0 radical (unpaired) electrons. The third kappa shape index (κ3) is 6.53. The molecule has 1 amide bonds. The highest BCUT2D eigenvalue weighted by Gasteiger charge is 2.32. The molecule has 17 heavy (non-hydrogen) atoms. The molecule has 0 aromatic carbocycles. The molecule has 0 saturated heterocycles. The number of amides is 1. The molecular weight excluding hydrogens is 242 g/mol. The first-order valence-corrected chi connectivity index (χ1v) is 6.37. The number of aliphatic carboxylic acids is 1. The van der Waals surface area contributed by atoms with E-state index in [-0.39, 0.29) is 11.2 Å². The predicted octanol–water partition coefficient (Wildman–Crippen LogP) is 1.12. The van der Waals surface area contributed by atoms with Gasteiger partial charge in [0.1, 0.15) is 4.75 Å². The van der Waals surface area contributed by atoms with Crippen molar-refractivity contribution in [2.75, 3.05) is 20.3 Å². The van der Waals surface area contributed by atoms with Gasteiger partial charge in [0, 0.05) is 20.3 Å². The molecule has 0 fully saturated rings. The Morgan fingerprint density at radius 2 is 2.06 bits per heavy atom. The maximum Gasteiger partial charge on any atom is 0.319 e. The highest BCUT2D eigenvalue weighted by atomic mass is 32.2. The number of nitrogens with one attached hydrogen (secondary N) is 1. The molecule has 0 spiro atoms. The summed E-state index contributed by atoms with van der Waals surface area (Å²) in [6, 6.07) is 0. The zero-order chi connectivity index (χ0) is 13.5. The summed E-state index contributed by atoms with van der Waals surface area (Å²) in [5.41, 5.74) is 0. The maximum atomic E-state index is 11.6. The molecule has 0 saturated carbocycles. The lowest BCUT2D eigenvalue weighted by molar-refractivity contribution is -0.138. The van der Waals surface area contributed by atoms with E-state index in [2.05, 4.69) is 5.32 Å². The minimum atomic E-state index is -0.955. The van der Waals surface area contributed by atoms with E-state index in [1.54, 1.807) is 27.9 Å². The molecule has 0 aromatic rings. The van der Waals surface area contributed by atoms with E-state index in [1.165, 1.54) is 0 Å². The van der Waals surface area contributed by atoms with E-state index in [9.17, 15) is 9.59 Å². The topological polar surface area (TPSA) is 75.6 Å². The largest absolute Gasteiger partial charge is 0.480 e. The predicted molar refractivity (Wildman–Crippen MR) is 68.3 cm³/mol. The van der Waals surface area contributed by atoms with Crippen LogP contribution in [0.3, 0.4) is 0 Å². The van der Waals surface area contributed by atoms with Gasteiger partial charge >= 0.3 is 5.97 Å². The number of carbonyl (C=O) groups excluding carboxylic acids is 1. The molecule has 0 aromatic heterocycles. The number of ether oxygens (including phenoxy) is 1. The molecule has 0 bridgehead atoms. The van der Waals surface area contributed by atoms with E-state index >= 15 is 0 Å². The summed E-state index contributed by atoms with van der Waals surface area (Å²) in [6.07, 6.45) is 0.752. The van der Waals surface area contributed by atoms with Crippen molar-refractivity contribution in [2.24, 2.45) is 0 Å². The van der Waals surface area contributed by atoms with Crippen LogP contribution in [0, 0.1) is 0 Å². The van der Waals surface area contributed by atoms with E-state index < -0.39 is 10.7 Å². The average Bonchev–Trinajstić information content (AvgIpc) is 2.23. The summed E-state index contributed by atoms with van der Waals surface area (Å²) < 4.78 is 3.91. The molecule has 0 heterocycles. The average molecular weight is 263 g/mol. The lowest BCUT2D eigenvalue weighted by Crippen LogP contribution is -2.37. The lowest BCUT2D eigenvalue weighted by Gasteiger charge is -2.22. The van der Waals surface area contributed by atoms with Crippen molar-refractivity contribution in [1.29, 1.82) is 0 Å². The molecule has 6 heteroatoms. The van der Waals surface area contributed by atoms with Gasteiger partial charge in [0.15, 0.2) is 0 Å². The fraction of sp³-hybridized carbons (Fsp3) is 0.818. The second-order valence-electron chi connectivity index (χ2n) is 4.21. The fourth-order valence-corrected chi connectivity index (χ4v) is 2.29. The number of hydrogen-bond donors (Lipinski definition) is 2. The highest BCUT2D eigenvalue weighted by molar-refractivity contribution is 8.02. The summed E-state index contributed by atoms with van der Waals surface area (Å²) in [6.45, 7) is 6.04. The van der Waals surface area contributed by atoms with Crippen molar-refractivity contribution < 1.29 is 19.4 Å². The van der Waals surface area contributed by atoms with Gasteiger partial charge in [0.25, 0.3) is 0 Å². The SMILES string of the molecule is COCCCNC(=O)C(C)SC(C)(C)C(=O)O. The maximum absolute atomic E-state index is 11.6. The zero-order valence-electron chi connectivity index (χ0n) is 10.8. The normalized spacial score (nSPS) is 13.2. The first kappa shape index (κ1) is 16.2. The van der Waals surface area contributed by atoms with Crippen molar-refractivity contribution >= 4 is 23.6 Å². The highest BCUT2D eigenvalue weighted by Crippen LogP contribution is 2.28. The third-order valence-electron chi connectivity index (χ3n) is 2.18. The molecule has 0 aliphatic carbocycles. The van der Waals surface area contributed by atoms with Crippen LogP contribution in [0.25, 0.3) is 0 Å². The first-order chi connectivity index (χ1) is 7.81. The smallest absolute Gasteiger partial charge is 0.319 e. The number of thioether (sulfide) groups is 1. The number of methoxy groups -OCH3 is 1. The van der Waals surface area contributed by atoms with Crippen LogP contribution in [-0.4, -0.2) is 47.2 Å². The molecule has 0 rings (SSSR count). The van der Waals surface area contributed by atoms with Gasteiger partial charge in [-0.25, -0.2) is 0 Å². The molecule has 2 N–H and O–H groups in total. The van der Waals surface area contributed by atoms with Crippen molar-refractivity contribution in [3.8, 4) is 0 Å². The Bertz CT molecular complexity index is 268. The van der Waals surface area contributed by atoms with E-state index in [4.69, 9.17) is 9.84 Å². The van der Waals surface area contributed by atoms with E-state index in [1.807, 2.05) is 0 Å². The van der Waals surface area contributed by atoms with Crippen LogP contribution in [0.5, 0.6) is 0 Å². The molecule has 0 aliphatic rings. The summed E-state index contributed by atoms with van der Waals surface area (Å²) in [5, 5.41) is 11.3. The van der Waals surface area contributed by atoms with Crippen molar-refractivity contribution in [1.82, 2.24) is 5.32 Å². The van der Waals surface area contributed by atoms with Crippen LogP contribution >= 0.6 is 11.8 Å². The molecule has 1 atom stereocenters.